The molecule has 0 radical (unpaired) electrons. The lowest BCUT2D eigenvalue weighted by atomic mass is 9.91. The summed E-state index contributed by atoms with van der Waals surface area (Å²) in [4.78, 5) is 4.37. The summed E-state index contributed by atoms with van der Waals surface area (Å²) in [6, 6.07) is 4.72. The van der Waals surface area contributed by atoms with Crippen molar-refractivity contribution in [3.05, 3.63) is 34.7 Å². The zero-order valence-electron chi connectivity index (χ0n) is 10.5. The molecule has 0 unspecified atom stereocenters. The molecular weight excluding hydrogens is 253 g/mol. The van der Waals surface area contributed by atoms with Gasteiger partial charge in [-0.1, -0.05) is 32.4 Å². The van der Waals surface area contributed by atoms with Crippen LogP contribution in [0.4, 0.5) is 10.1 Å². The van der Waals surface area contributed by atoms with Crippen LogP contribution in [0, 0.1) is 5.82 Å². The highest BCUT2D eigenvalue weighted by molar-refractivity contribution is 6.31. The third-order valence-corrected chi connectivity index (χ3v) is 2.97. The zero-order valence-corrected chi connectivity index (χ0v) is 11.3. The second-order valence-electron chi connectivity index (χ2n) is 5.23. The standard InChI is InChI=1S/C13H15ClFN3/c1-13(2,3)11-6-10(18-16)8-4-7(14)5-9(15)12(8)17-11/h4-6H,16H2,1-3H3,(H,17,18). The van der Waals surface area contributed by atoms with Gasteiger partial charge in [-0.3, -0.25) is 5.84 Å². The second kappa shape index (κ2) is 4.37. The number of nitrogen functional groups attached to an aromatic ring is 1. The van der Waals surface area contributed by atoms with Crippen molar-refractivity contribution < 1.29 is 4.39 Å². The van der Waals surface area contributed by atoms with Crippen LogP contribution in [-0.4, -0.2) is 4.98 Å². The maximum atomic E-state index is 13.9. The summed E-state index contributed by atoms with van der Waals surface area (Å²) in [5, 5.41) is 0.900. The molecule has 0 bridgehead atoms. The third kappa shape index (κ3) is 2.26. The Morgan fingerprint density at radius 2 is 1.94 bits per heavy atom. The number of aromatic nitrogens is 1. The van der Waals surface area contributed by atoms with Crippen molar-refractivity contribution in [3.63, 3.8) is 0 Å². The van der Waals surface area contributed by atoms with E-state index in [1.165, 1.54) is 6.07 Å². The number of pyridine rings is 1. The number of nitrogens with two attached hydrogens (primary N) is 1. The molecule has 1 heterocycles. The van der Waals surface area contributed by atoms with Crippen LogP contribution in [0.3, 0.4) is 0 Å². The molecule has 3 nitrogen and oxygen atoms in total. The molecule has 0 saturated carbocycles. The number of rotatable bonds is 1. The van der Waals surface area contributed by atoms with E-state index in [9.17, 15) is 4.39 Å². The van der Waals surface area contributed by atoms with E-state index in [1.807, 2.05) is 26.8 Å². The lowest BCUT2D eigenvalue weighted by molar-refractivity contribution is 0.569. The Hall–Kier alpha value is -1.39. The highest BCUT2D eigenvalue weighted by atomic mass is 35.5. The molecule has 0 atom stereocenters. The van der Waals surface area contributed by atoms with E-state index in [0.29, 0.717) is 16.1 Å². The van der Waals surface area contributed by atoms with Gasteiger partial charge in [0.2, 0.25) is 0 Å². The van der Waals surface area contributed by atoms with Crippen molar-refractivity contribution in [1.29, 1.82) is 0 Å². The van der Waals surface area contributed by atoms with Gasteiger partial charge in [0.1, 0.15) is 5.52 Å². The minimum absolute atomic E-state index is 0.189. The molecule has 0 saturated heterocycles. The molecule has 2 rings (SSSR count). The number of benzene rings is 1. The molecule has 5 heteroatoms. The van der Waals surface area contributed by atoms with E-state index in [1.54, 1.807) is 6.07 Å². The lowest BCUT2D eigenvalue weighted by Gasteiger charge is -2.20. The number of fused-ring (bicyclic) bond motifs is 1. The molecule has 18 heavy (non-hydrogen) atoms. The van der Waals surface area contributed by atoms with E-state index in [0.717, 1.165) is 5.69 Å². The van der Waals surface area contributed by atoms with Crippen LogP contribution >= 0.6 is 11.6 Å². The SMILES string of the molecule is CC(C)(C)c1cc(NN)c2cc(Cl)cc(F)c2n1. The molecule has 0 fully saturated rings. The summed E-state index contributed by atoms with van der Waals surface area (Å²) < 4.78 is 13.9. The van der Waals surface area contributed by atoms with Crippen LogP contribution in [0.15, 0.2) is 18.2 Å². The molecule has 0 aliphatic rings. The summed E-state index contributed by atoms with van der Waals surface area (Å²) in [5.74, 6) is 5.04. The molecule has 96 valence electrons. The quantitative estimate of drug-likeness (QED) is 0.613. The topological polar surface area (TPSA) is 50.9 Å². The zero-order chi connectivity index (χ0) is 13.5. The smallest absolute Gasteiger partial charge is 0.150 e. The Labute approximate surface area is 110 Å². The van der Waals surface area contributed by atoms with Crippen molar-refractivity contribution in [2.75, 3.05) is 5.43 Å². The largest absolute Gasteiger partial charge is 0.323 e. The summed E-state index contributed by atoms with van der Waals surface area (Å²) in [6.45, 7) is 6.03. The van der Waals surface area contributed by atoms with Gasteiger partial charge in [0.15, 0.2) is 5.82 Å². The van der Waals surface area contributed by atoms with Crippen molar-refractivity contribution in [1.82, 2.24) is 4.98 Å². The molecule has 0 aliphatic heterocycles. The molecule has 2 aromatic rings. The van der Waals surface area contributed by atoms with Crippen molar-refractivity contribution in [2.24, 2.45) is 5.84 Å². The Bertz CT molecular complexity index is 605. The van der Waals surface area contributed by atoms with Gasteiger partial charge in [0.05, 0.1) is 5.69 Å². The van der Waals surface area contributed by atoms with Crippen LogP contribution < -0.4 is 11.3 Å². The second-order valence-corrected chi connectivity index (χ2v) is 5.67. The van der Waals surface area contributed by atoms with Crippen LogP contribution in [0.2, 0.25) is 5.02 Å². The van der Waals surface area contributed by atoms with Gasteiger partial charge in [0, 0.05) is 21.5 Å². The van der Waals surface area contributed by atoms with Gasteiger partial charge in [-0.15, -0.1) is 0 Å². The van der Waals surface area contributed by atoms with E-state index in [-0.39, 0.29) is 10.9 Å². The van der Waals surface area contributed by atoms with Crippen LogP contribution in [0.25, 0.3) is 10.9 Å². The summed E-state index contributed by atoms with van der Waals surface area (Å²) in [7, 11) is 0. The number of anilines is 1. The first-order valence-corrected chi connectivity index (χ1v) is 5.97. The monoisotopic (exact) mass is 267 g/mol. The normalized spacial score (nSPS) is 11.9. The predicted octanol–water partition coefficient (Wildman–Crippen LogP) is 3.61. The Morgan fingerprint density at radius 1 is 1.28 bits per heavy atom. The van der Waals surface area contributed by atoms with Gasteiger partial charge in [-0.25, -0.2) is 9.37 Å². The number of hydrogen-bond acceptors (Lipinski definition) is 3. The minimum Gasteiger partial charge on any atom is -0.323 e. The fraction of sp³-hybridized carbons (Fsp3) is 0.308. The summed E-state index contributed by atoms with van der Waals surface area (Å²) in [6.07, 6.45) is 0. The van der Waals surface area contributed by atoms with Gasteiger partial charge in [-0.2, -0.15) is 0 Å². The molecule has 0 aliphatic carbocycles. The molecule has 1 aromatic carbocycles. The predicted molar refractivity (Wildman–Crippen MR) is 73.2 cm³/mol. The number of hydrazine groups is 1. The average molecular weight is 268 g/mol. The van der Waals surface area contributed by atoms with Gasteiger partial charge in [-0.05, 0) is 18.2 Å². The van der Waals surface area contributed by atoms with Crippen LogP contribution in [0.1, 0.15) is 26.5 Å². The first kappa shape index (κ1) is 13.1. The van der Waals surface area contributed by atoms with Crippen molar-refractivity contribution >= 4 is 28.2 Å². The third-order valence-electron chi connectivity index (χ3n) is 2.76. The summed E-state index contributed by atoms with van der Waals surface area (Å²) in [5.41, 5.74) is 4.05. The number of hydrogen-bond donors (Lipinski definition) is 2. The number of halogens is 2. The van der Waals surface area contributed by atoms with Crippen molar-refractivity contribution in [3.8, 4) is 0 Å². The van der Waals surface area contributed by atoms with E-state index in [2.05, 4.69) is 10.4 Å². The molecule has 0 amide bonds. The first-order chi connectivity index (χ1) is 8.32. The van der Waals surface area contributed by atoms with Crippen molar-refractivity contribution in [2.45, 2.75) is 26.2 Å². The van der Waals surface area contributed by atoms with Crippen LogP contribution in [-0.2, 0) is 5.41 Å². The van der Waals surface area contributed by atoms with Gasteiger partial charge in [0.25, 0.3) is 0 Å². The van der Waals surface area contributed by atoms with E-state index >= 15 is 0 Å². The molecule has 1 aromatic heterocycles. The highest BCUT2D eigenvalue weighted by Gasteiger charge is 2.19. The highest BCUT2D eigenvalue weighted by Crippen LogP contribution is 2.31. The van der Waals surface area contributed by atoms with Crippen LogP contribution in [0.5, 0.6) is 0 Å². The average Bonchev–Trinajstić information content (AvgIpc) is 2.26. The Kier molecular flexibility index (Phi) is 3.17. The minimum atomic E-state index is -0.444. The molecule has 3 N–H and O–H groups in total. The fourth-order valence-corrected chi connectivity index (χ4v) is 1.96. The lowest BCUT2D eigenvalue weighted by Crippen LogP contribution is -2.16. The molecule has 0 spiro atoms. The number of nitrogens with zero attached hydrogens (tertiary/aromatic N) is 1. The maximum absolute atomic E-state index is 13.9. The number of nitrogens with one attached hydrogen (secondary N) is 1. The van der Waals surface area contributed by atoms with Gasteiger partial charge < -0.3 is 5.43 Å². The van der Waals surface area contributed by atoms with Gasteiger partial charge >= 0.3 is 0 Å². The Balaban J connectivity index is 2.84. The first-order valence-electron chi connectivity index (χ1n) is 5.60. The Morgan fingerprint density at radius 3 is 2.50 bits per heavy atom. The molecular formula is C13H15ClFN3. The summed E-state index contributed by atoms with van der Waals surface area (Å²) >= 11 is 5.85. The van der Waals surface area contributed by atoms with E-state index in [4.69, 9.17) is 17.4 Å². The maximum Gasteiger partial charge on any atom is 0.150 e. The fourth-order valence-electron chi connectivity index (χ4n) is 1.76. The van der Waals surface area contributed by atoms with E-state index < -0.39 is 5.82 Å².